The molecule has 0 aliphatic rings. The first-order valence-electron chi connectivity index (χ1n) is 5.08. The normalized spacial score (nSPS) is 10.8. The molecule has 0 spiro atoms. The molecule has 2 aromatic rings. The monoisotopic (exact) mass is 218 g/mol. The van der Waals surface area contributed by atoms with Crippen LogP contribution in [-0.4, -0.2) is 24.9 Å². The third kappa shape index (κ3) is 1.69. The summed E-state index contributed by atoms with van der Waals surface area (Å²) in [5.74, 6) is 0.533. The lowest BCUT2D eigenvalue weighted by Gasteiger charge is -2.02. The number of aliphatic hydroxyl groups is 1. The highest BCUT2D eigenvalue weighted by Crippen LogP contribution is 2.13. The molecular formula is C11H14N4O. The Balaban J connectivity index is 2.46. The van der Waals surface area contributed by atoms with Crippen LogP contribution in [0, 0.1) is 20.8 Å². The van der Waals surface area contributed by atoms with E-state index in [2.05, 4.69) is 15.1 Å². The van der Waals surface area contributed by atoms with E-state index >= 15 is 0 Å². The Bertz CT molecular complexity index is 501. The quantitative estimate of drug-likeness (QED) is 0.819. The first kappa shape index (κ1) is 10.8. The number of aryl methyl sites for hydroxylation is 1. The zero-order valence-electron chi connectivity index (χ0n) is 9.60. The van der Waals surface area contributed by atoms with Crippen LogP contribution in [0.5, 0.6) is 0 Å². The fraction of sp³-hybridized carbons (Fsp3) is 0.364. The highest BCUT2D eigenvalue weighted by molar-refractivity contribution is 5.28. The van der Waals surface area contributed by atoms with E-state index in [1.165, 1.54) is 0 Å². The van der Waals surface area contributed by atoms with Crippen LogP contribution < -0.4 is 0 Å². The van der Waals surface area contributed by atoms with Crippen LogP contribution >= 0.6 is 0 Å². The van der Waals surface area contributed by atoms with Gasteiger partial charge in [0, 0.05) is 23.7 Å². The van der Waals surface area contributed by atoms with Crippen LogP contribution in [-0.2, 0) is 6.61 Å². The SMILES string of the molecule is Cc1nn(-c2ncc(CO)cn2)c(C)c1C. The van der Waals surface area contributed by atoms with Crippen LogP contribution in [0.4, 0.5) is 0 Å². The minimum absolute atomic E-state index is 0.0452. The molecule has 0 bridgehead atoms. The number of nitrogens with zero attached hydrogens (tertiary/aromatic N) is 4. The van der Waals surface area contributed by atoms with Gasteiger partial charge in [-0.3, -0.25) is 0 Å². The second-order valence-electron chi connectivity index (χ2n) is 3.76. The molecule has 0 amide bonds. The van der Waals surface area contributed by atoms with Gasteiger partial charge in [0.25, 0.3) is 5.95 Å². The van der Waals surface area contributed by atoms with Crippen LogP contribution in [0.15, 0.2) is 12.4 Å². The van der Waals surface area contributed by atoms with E-state index in [4.69, 9.17) is 5.11 Å². The smallest absolute Gasteiger partial charge is 0.250 e. The third-order valence-electron chi connectivity index (χ3n) is 2.72. The lowest BCUT2D eigenvalue weighted by Crippen LogP contribution is -2.05. The van der Waals surface area contributed by atoms with Gasteiger partial charge in [-0.25, -0.2) is 14.6 Å². The van der Waals surface area contributed by atoms with Gasteiger partial charge in [-0.2, -0.15) is 5.10 Å². The molecule has 0 radical (unpaired) electrons. The van der Waals surface area contributed by atoms with Crippen molar-refractivity contribution in [3.05, 3.63) is 34.9 Å². The Kier molecular flexibility index (Phi) is 2.70. The minimum atomic E-state index is -0.0452. The molecule has 0 fully saturated rings. The predicted molar refractivity (Wildman–Crippen MR) is 59.3 cm³/mol. The van der Waals surface area contributed by atoms with Crippen molar-refractivity contribution in [3.8, 4) is 5.95 Å². The Labute approximate surface area is 93.8 Å². The lowest BCUT2D eigenvalue weighted by molar-refractivity contribution is 0.281. The van der Waals surface area contributed by atoms with Gasteiger partial charge < -0.3 is 5.11 Å². The number of hydrogen-bond donors (Lipinski definition) is 1. The first-order valence-corrected chi connectivity index (χ1v) is 5.08. The minimum Gasteiger partial charge on any atom is -0.392 e. The summed E-state index contributed by atoms with van der Waals surface area (Å²) in [6.07, 6.45) is 3.21. The molecular weight excluding hydrogens is 204 g/mol. The summed E-state index contributed by atoms with van der Waals surface area (Å²) in [7, 11) is 0. The lowest BCUT2D eigenvalue weighted by atomic mass is 10.2. The van der Waals surface area contributed by atoms with Crippen molar-refractivity contribution in [2.24, 2.45) is 0 Å². The van der Waals surface area contributed by atoms with E-state index in [-0.39, 0.29) is 6.61 Å². The van der Waals surface area contributed by atoms with Gasteiger partial charge in [-0.05, 0) is 26.3 Å². The average molecular weight is 218 g/mol. The standard InChI is InChI=1S/C11H14N4O/c1-7-8(2)14-15(9(7)3)11-12-4-10(6-16)5-13-11/h4-5,16H,6H2,1-3H3. The van der Waals surface area contributed by atoms with Crippen molar-refractivity contribution in [3.63, 3.8) is 0 Å². The van der Waals surface area contributed by atoms with Gasteiger partial charge in [0.1, 0.15) is 0 Å². The molecule has 2 rings (SSSR count). The highest BCUT2D eigenvalue weighted by atomic mass is 16.3. The molecule has 2 heterocycles. The summed E-state index contributed by atoms with van der Waals surface area (Å²) in [6.45, 7) is 5.92. The zero-order chi connectivity index (χ0) is 11.7. The molecule has 0 unspecified atom stereocenters. The number of aliphatic hydroxyl groups excluding tert-OH is 1. The Morgan fingerprint density at radius 2 is 1.81 bits per heavy atom. The molecule has 84 valence electrons. The molecule has 5 heteroatoms. The van der Waals surface area contributed by atoms with Crippen molar-refractivity contribution < 1.29 is 5.11 Å². The van der Waals surface area contributed by atoms with Gasteiger partial charge >= 0.3 is 0 Å². The summed E-state index contributed by atoms with van der Waals surface area (Å²) in [6, 6.07) is 0. The van der Waals surface area contributed by atoms with Crippen molar-refractivity contribution in [2.45, 2.75) is 27.4 Å². The fourth-order valence-corrected chi connectivity index (χ4v) is 1.45. The molecule has 0 aliphatic carbocycles. The molecule has 5 nitrogen and oxygen atoms in total. The topological polar surface area (TPSA) is 63.8 Å². The van der Waals surface area contributed by atoms with Crippen LogP contribution in [0.1, 0.15) is 22.5 Å². The Hall–Kier alpha value is -1.75. The molecule has 2 aromatic heterocycles. The Morgan fingerprint density at radius 3 is 2.25 bits per heavy atom. The predicted octanol–water partition coefficient (Wildman–Crippen LogP) is 1.08. The number of aromatic nitrogens is 4. The van der Waals surface area contributed by atoms with E-state index in [0.29, 0.717) is 11.5 Å². The molecule has 16 heavy (non-hydrogen) atoms. The molecule has 0 aromatic carbocycles. The van der Waals surface area contributed by atoms with Crippen molar-refractivity contribution >= 4 is 0 Å². The summed E-state index contributed by atoms with van der Waals surface area (Å²) in [5, 5.41) is 13.3. The van der Waals surface area contributed by atoms with E-state index in [1.54, 1.807) is 17.1 Å². The fourth-order valence-electron chi connectivity index (χ4n) is 1.45. The zero-order valence-corrected chi connectivity index (χ0v) is 9.60. The molecule has 0 aliphatic heterocycles. The second kappa shape index (κ2) is 4.02. The van der Waals surface area contributed by atoms with E-state index in [0.717, 1.165) is 17.0 Å². The average Bonchev–Trinajstić information content (AvgIpc) is 2.57. The summed E-state index contributed by atoms with van der Waals surface area (Å²) < 4.78 is 1.71. The van der Waals surface area contributed by atoms with E-state index < -0.39 is 0 Å². The van der Waals surface area contributed by atoms with Gasteiger partial charge in [-0.1, -0.05) is 0 Å². The van der Waals surface area contributed by atoms with Crippen molar-refractivity contribution in [2.75, 3.05) is 0 Å². The maximum absolute atomic E-state index is 8.90. The Morgan fingerprint density at radius 1 is 1.19 bits per heavy atom. The van der Waals surface area contributed by atoms with Gasteiger partial charge in [0.15, 0.2) is 0 Å². The first-order chi connectivity index (χ1) is 7.63. The maximum atomic E-state index is 8.90. The summed E-state index contributed by atoms with van der Waals surface area (Å²) in [4.78, 5) is 8.33. The maximum Gasteiger partial charge on any atom is 0.250 e. The van der Waals surface area contributed by atoms with Gasteiger partial charge in [0.05, 0.1) is 12.3 Å². The van der Waals surface area contributed by atoms with Gasteiger partial charge in [-0.15, -0.1) is 0 Å². The van der Waals surface area contributed by atoms with Crippen LogP contribution in [0.25, 0.3) is 5.95 Å². The van der Waals surface area contributed by atoms with E-state index in [1.807, 2.05) is 20.8 Å². The van der Waals surface area contributed by atoms with E-state index in [9.17, 15) is 0 Å². The number of hydrogen-bond acceptors (Lipinski definition) is 4. The molecule has 0 atom stereocenters. The highest BCUT2D eigenvalue weighted by Gasteiger charge is 2.10. The number of rotatable bonds is 2. The molecule has 1 N–H and O–H groups in total. The van der Waals surface area contributed by atoms with Crippen LogP contribution in [0.3, 0.4) is 0 Å². The summed E-state index contributed by atoms with van der Waals surface area (Å²) in [5.41, 5.74) is 3.86. The summed E-state index contributed by atoms with van der Waals surface area (Å²) >= 11 is 0. The van der Waals surface area contributed by atoms with Crippen molar-refractivity contribution in [1.29, 1.82) is 0 Å². The van der Waals surface area contributed by atoms with Crippen molar-refractivity contribution in [1.82, 2.24) is 19.7 Å². The van der Waals surface area contributed by atoms with Crippen LogP contribution in [0.2, 0.25) is 0 Å². The van der Waals surface area contributed by atoms with Gasteiger partial charge in [0.2, 0.25) is 0 Å². The second-order valence-corrected chi connectivity index (χ2v) is 3.76. The third-order valence-corrected chi connectivity index (χ3v) is 2.72. The largest absolute Gasteiger partial charge is 0.392 e. The molecule has 0 saturated carbocycles. The molecule has 0 saturated heterocycles.